The molecule has 1 aliphatic rings. The average molecular weight is 305 g/mol. The normalized spacial score (nSPS) is 17.3. The van der Waals surface area contributed by atoms with Gasteiger partial charge in [-0.3, -0.25) is 4.90 Å². The van der Waals surface area contributed by atoms with E-state index >= 15 is 0 Å². The smallest absolute Gasteiger partial charge is 0.411 e. The number of carbonyl (C=O) groups excluding carboxylic acids is 1. The number of nitrogens with zero attached hydrogens (tertiary/aromatic N) is 1. The third kappa shape index (κ3) is 4.01. The average Bonchev–Trinajstić information content (AvgIpc) is 2.94. The van der Waals surface area contributed by atoms with Gasteiger partial charge in [-0.25, -0.2) is 4.79 Å². The lowest BCUT2D eigenvalue weighted by atomic mass is 9.95. The molecule has 1 aliphatic carbocycles. The molecule has 1 fully saturated rings. The van der Waals surface area contributed by atoms with E-state index in [0.29, 0.717) is 6.54 Å². The Morgan fingerprint density at radius 2 is 1.82 bits per heavy atom. The monoisotopic (exact) mass is 305 g/mol. The molecule has 122 valence electrons. The highest BCUT2D eigenvalue weighted by molar-refractivity contribution is 5.69. The van der Waals surface area contributed by atoms with Gasteiger partial charge in [0.15, 0.2) is 0 Å². The van der Waals surface area contributed by atoms with Gasteiger partial charge in [0.2, 0.25) is 0 Å². The maximum atomic E-state index is 12.7. The van der Waals surface area contributed by atoms with Crippen LogP contribution in [0, 0.1) is 0 Å². The Morgan fingerprint density at radius 1 is 1.23 bits per heavy atom. The molecule has 0 aromatic heterocycles. The molecule has 0 unspecified atom stereocenters. The van der Waals surface area contributed by atoms with Crippen molar-refractivity contribution in [2.24, 2.45) is 0 Å². The van der Waals surface area contributed by atoms with Gasteiger partial charge in [-0.1, -0.05) is 43.2 Å². The summed E-state index contributed by atoms with van der Waals surface area (Å²) in [4.78, 5) is 14.4. The van der Waals surface area contributed by atoms with Crippen molar-refractivity contribution in [2.45, 2.75) is 64.1 Å². The van der Waals surface area contributed by atoms with E-state index in [1.165, 1.54) is 0 Å². The molecule has 1 aromatic rings. The third-order valence-corrected chi connectivity index (χ3v) is 4.20. The minimum atomic E-state index is -0.540. The van der Waals surface area contributed by atoms with Crippen molar-refractivity contribution in [2.75, 3.05) is 6.61 Å². The summed E-state index contributed by atoms with van der Waals surface area (Å²) in [5.74, 6) is 0. The van der Waals surface area contributed by atoms with Crippen LogP contribution < -0.4 is 0 Å². The highest BCUT2D eigenvalue weighted by atomic mass is 16.6. The summed E-state index contributed by atoms with van der Waals surface area (Å²) in [5, 5.41) is 9.96. The zero-order valence-corrected chi connectivity index (χ0v) is 13.8. The van der Waals surface area contributed by atoms with Gasteiger partial charge in [0, 0.05) is 6.54 Å². The summed E-state index contributed by atoms with van der Waals surface area (Å²) in [5.41, 5.74) is 0.0208. The van der Waals surface area contributed by atoms with Gasteiger partial charge in [-0.15, -0.1) is 0 Å². The van der Waals surface area contributed by atoms with E-state index in [4.69, 9.17) is 4.74 Å². The van der Waals surface area contributed by atoms with E-state index in [9.17, 15) is 9.90 Å². The van der Waals surface area contributed by atoms with Gasteiger partial charge in [0.1, 0.15) is 5.60 Å². The molecule has 0 saturated heterocycles. The number of benzene rings is 1. The number of hydrogen-bond donors (Lipinski definition) is 1. The molecular formula is C18H27NO3. The molecule has 4 heteroatoms. The third-order valence-electron chi connectivity index (χ3n) is 4.20. The van der Waals surface area contributed by atoms with E-state index in [2.05, 4.69) is 0 Å². The quantitative estimate of drug-likeness (QED) is 0.922. The molecule has 22 heavy (non-hydrogen) atoms. The van der Waals surface area contributed by atoms with Crippen LogP contribution >= 0.6 is 0 Å². The second-order valence-corrected chi connectivity index (χ2v) is 7.14. The Hall–Kier alpha value is -1.55. The molecule has 1 aromatic carbocycles. The number of ether oxygens (including phenoxy) is 1. The molecule has 4 nitrogen and oxygen atoms in total. The molecule has 0 spiro atoms. The van der Waals surface area contributed by atoms with E-state index in [0.717, 1.165) is 31.2 Å². The van der Waals surface area contributed by atoms with Crippen molar-refractivity contribution < 1.29 is 14.6 Å². The van der Waals surface area contributed by atoms with Gasteiger partial charge in [-0.2, -0.15) is 0 Å². The zero-order valence-electron chi connectivity index (χ0n) is 13.8. The van der Waals surface area contributed by atoms with Crippen molar-refractivity contribution in [3.63, 3.8) is 0 Å². The summed E-state index contributed by atoms with van der Waals surface area (Å²) >= 11 is 0. The molecule has 1 N–H and O–H groups in total. The Morgan fingerprint density at radius 3 is 2.32 bits per heavy atom. The second-order valence-electron chi connectivity index (χ2n) is 7.14. The maximum Gasteiger partial charge on any atom is 0.411 e. The number of hydrogen-bond acceptors (Lipinski definition) is 3. The molecule has 0 radical (unpaired) electrons. The van der Waals surface area contributed by atoms with Gasteiger partial charge in [0.25, 0.3) is 0 Å². The summed E-state index contributed by atoms with van der Waals surface area (Å²) in [6, 6.07) is 9.87. The molecule has 1 saturated carbocycles. The molecule has 0 heterocycles. The lowest BCUT2D eigenvalue weighted by Gasteiger charge is -2.40. The first-order chi connectivity index (χ1) is 10.4. The van der Waals surface area contributed by atoms with Crippen molar-refractivity contribution >= 4 is 6.09 Å². The predicted octanol–water partition coefficient (Wildman–Crippen LogP) is 3.73. The Labute approximate surface area is 133 Å². The Kier molecular flexibility index (Phi) is 5.12. The van der Waals surface area contributed by atoms with Crippen molar-refractivity contribution in [3.05, 3.63) is 35.9 Å². The van der Waals surface area contributed by atoms with Crippen molar-refractivity contribution in [1.29, 1.82) is 0 Å². The maximum absolute atomic E-state index is 12.7. The minimum Gasteiger partial charge on any atom is -0.444 e. The number of rotatable bonds is 4. The Balaban J connectivity index is 2.25. The van der Waals surface area contributed by atoms with Crippen LogP contribution in [-0.2, 0) is 11.3 Å². The van der Waals surface area contributed by atoms with Crippen LogP contribution in [0.5, 0.6) is 0 Å². The van der Waals surface area contributed by atoms with Crippen LogP contribution in [0.1, 0.15) is 52.0 Å². The van der Waals surface area contributed by atoms with Crippen LogP contribution in [0.15, 0.2) is 30.3 Å². The molecular weight excluding hydrogens is 278 g/mol. The summed E-state index contributed by atoms with van der Waals surface area (Å²) in [6.45, 7) is 6.05. The van der Waals surface area contributed by atoms with E-state index in [-0.39, 0.29) is 12.7 Å². The molecule has 1 amide bonds. The van der Waals surface area contributed by atoms with Crippen LogP contribution in [-0.4, -0.2) is 33.8 Å². The Bertz CT molecular complexity index is 487. The highest BCUT2D eigenvalue weighted by Crippen LogP contribution is 2.37. The standard InChI is InChI=1S/C18H27NO3/c1-17(2,3)22-16(21)19(13-15-9-5-4-6-10-15)18(14-20)11-7-8-12-18/h4-6,9-10,20H,7-8,11-14H2,1-3H3. The van der Waals surface area contributed by atoms with Gasteiger partial charge in [0.05, 0.1) is 12.1 Å². The van der Waals surface area contributed by atoms with E-state index < -0.39 is 11.1 Å². The fraction of sp³-hybridized carbons (Fsp3) is 0.611. The number of aliphatic hydroxyl groups excluding tert-OH is 1. The van der Waals surface area contributed by atoms with E-state index in [1.54, 1.807) is 4.90 Å². The lowest BCUT2D eigenvalue weighted by Crippen LogP contribution is -2.53. The largest absolute Gasteiger partial charge is 0.444 e. The first-order valence-electron chi connectivity index (χ1n) is 8.02. The van der Waals surface area contributed by atoms with Crippen LogP contribution in [0.3, 0.4) is 0 Å². The van der Waals surface area contributed by atoms with E-state index in [1.807, 2.05) is 51.1 Å². The number of carbonyl (C=O) groups is 1. The van der Waals surface area contributed by atoms with Crippen molar-refractivity contribution in [1.82, 2.24) is 4.90 Å². The lowest BCUT2D eigenvalue weighted by molar-refractivity contribution is -0.0210. The first kappa shape index (κ1) is 16.8. The fourth-order valence-corrected chi connectivity index (χ4v) is 3.06. The SMILES string of the molecule is CC(C)(C)OC(=O)N(Cc1ccccc1)C1(CO)CCCC1. The van der Waals surface area contributed by atoms with Crippen LogP contribution in [0.25, 0.3) is 0 Å². The number of amides is 1. The summed E-state index contributed by atoms with van der Waals surface area (Å²) in [7, 11) is 0. The first-order valence-corrected chi connectivity index (χ1v) is 8.02. The second kappa shape index (κ2) is 6.69. The van der Waals surface area contributed by atoms with Gasteiger partial charge >= 0.3 is 6.09 Å². The van der Waals surface area contributed by atoms with Gasteiger partial charge < -0.3 is 9.84 Å². The predicted molar refractivity (Wildman–Crippen MR) is 86.5 cm³/mol. The highest BCUT2D eigenvalue weighted by Gasteiger charge is 2.43. The summed E-state index contributed by atoms with van der Waals surface area (Å²) in [6.07, 6.45) is 3.39. The fourth-order valence-electron chi connectivity index (χ4n) is 3.06. The van der Waals surface area contributed by atoms with Crippen LogP contribution in [0.2, 0.25) is 0 Å². The number of aliphatic hydroxyl groups is 1. The van der Waals surface area contributed by atoms with Gasteiger partial charge in [-0.05, 0) is 39.2 Å². The molecule has 0 atom stereocenters. The topological polar surface area (TPSA) is 49.8 Å². The summed E-state index contributed by atoms with van der Waals surface area (Å²) < 4.78 is 5.59. The molecule has 2 rings (SSSR count). The van der Waals surface area contributed by atoms with Crippen molar-refractivity contribution in [3.8, 4) is 0 Å². The molecule has 0 aliphatic heterocycles. The minimum absolute atomic E-state index is 0.0148. The zero-order chi connectivity index (χ0) is 16.2. The van der Waals surface area contributed by atoms with Crippen LogP contribution in [0.4, 0.5) is 4.79 Å². The molecule has 0 bridgehead atoms.